The van der Waals surface area contributed by atoms with Gasteiger partial charge in [-0.05, 0) is 63.2 Å². The van der Waals surface area contributed by atoms with E-state index in [0.29, 0.717) is 27.4 Å². The number of halogens is 1. The minimum Gasteiger partial charge on any atom is -0.497 e. The van der Waals surface area contributed by atoms with Crippen molar-refractivity contribution in [2.24, 2.45) is 0 Å². The first-order valence-electron chi connectivity index (χ1n) is 9.81. The number of carbonyl (C=O) groups is 1. The molecule has 0 saturated carbocycles. The fraction of sp³-hybridized carbons (Fsp3) is 0.318. The second kappa shape index (κ2) is 10.5. The van der Waals surface area contributed by atoms with Crippen LogP contribution in [0.5, 0.6) is 11.5 Å². The van der Waals surface area contributed by atoms with Crippen molar-refractivity contribution in [2.45, 2.75) is 38.1 Å². The van der Waals surface area contributed by atoms with Crippen LogP contribution >= 0.6 is 23.4 Å². The van der Waals surface area contributed by atoms with E-state index in [1.807, 2.05) is 49.6 Å². The maximum Gasteiger partial charge on any atom is 0.234 e. The van der Waals surface area contributed by atoms with Gasteiger partial charge >= 0.3 is 0 Å². The van der Waals surface area contributed by atoms with Crippen LogP contribution in [0.15, 0.2) is 53.7 Å². The quantitative estimate of drug-likeness (QED) is 0.431. The Morgan fingerprint density at radius 2 is 1.84 bits per heavy atom. The highest BCUT2D eigenvalue weighted by atomic mass is 35.5. The molecule has 7 nitrogen and oxygen atoms in total. The van der Waals surface area contributed by atoms with Gasteiger partial charge in [0.15, 0.2) is 17.1 Å². The molecule has 9 heteroatoms. The summed E-state index contributed by atoms with van der Waals surface area (Å²) < 4.78 is 13.2. The predicted molar refractivity (Wildman–Crippen MR) is 123 cm³/mol. The number of rotatable bonds is 9. The average molecular weight is 461 g/mol. The Hall–Kier alpha value is -2.71. The first-order chi connectivity index (χ1) is 14.9. The smallest absolute Gasteiger partial charge is 0.234 e. The Morgan fingerprint density at radius 1 is 1.13 bits per heavy atom. The maximum atomic E-state index is 12.3. The minimum absolute atomic E-state index is 0.102. The highest BCUT2D eigenvalue weighted by molar-refractivity contribution is 7.99. The van der Waals surface area contributed by atoms with Gasteiger partial charge in [0.05, 0.1) is 12.9 Å². The third-order valence-corrected chi connectivity index (χ3v) is 5.56. The Bertz CT molecular complexity index is 1020. The van der Waals surface area contributed by atoms with Gasteiger partial charge in [0.1, 0.15) is 11.5 Å². The molecule has 0 aliphatic rings. The summed E-state index contributed by atoms with van der Waals surface area (Å²) in [5, 5.41) is 12.7. The van der Waals surface area contributed by atoms with Crippen LogP contribution in [-0.4, -0.2) is 33.5 Å². The summed E-state index contributed by atoms with van der Waals surface area (Å²) in [6.45, 7) is 6.01. The van der Waals surface area contributed by atoms with Gasteiger partial charge < -0.3 is 19.4 Å². The lowest BCUT2D eigenvalue weighted by Gasteiger charge is -2.19. The van der Waals surface area contributed by atoms with Crippen molar-refractivity contribution in [3.63, 3.8) is 0 Å². The lowest BCUT2D eigenvalue weighted by Crippen LogP contribution is -2.16. The van der Waals surface area contributed by atoms with Gasteiger partial charge in [-0.25, -0.2) is 0 Å². The number of aromatic nitrogens is 3. The van der Waals surface area contributed by atoms with E-state index in [1.165, 1.54) is 11.8 Å². The van der Waals surface area contributed by atoms with E-state index in [0.717, 1.165) is 5.75 Å². The Morgan fingerprint density at radius 3 is 2.48 bits per heavy atom. The van der Waals surface area contributed by atoms with Gasteiger partial charge in [-0.1, -0.05) is 29.4 Å². The number of hydrogen-bond acceptors (Lipinski definition) is 6. The minimum atomic E-state index is -0.321. The summed E-state index contributed by atoms with van der Waals surface area (Å²) >= 11 is 7.29. The fourth-order valence-electron chi connectivity index (χ4n) is 2.95. The van der Waals surface area contributed by atoms with Crippen molar-refractivity contribution in [3.8, 4) is 11.5 Å². The van der Waals surface area contributed by atoms with Crippen LogP contribution in [0.4, 0.5) is 5.69 Å². The number of methoxy groups -OCH3 is 1. The van der Waals surface area contributed by atoms with Crippen molar-refractivity contribution < 1.29 is 14.3 Å². The SMILES string of the molecule is COc1ccc(OC(C)c2nnc(SCC(=O)Nc3cccc(Cl)c3)n2C(C)C)cc1. The Labute approximate surface area is 191 Å². The molecule has 0 aliphatic carbocycles. The molecule has 31 heavy (non-hydrogen) atoms. The number of hydrogen-bond donors (Lipinski definition) is 1. The highest BCUT2D eigenvalue weighted by Crippen LogP contribution is 2.28. The van der Waals surface area contributed by atoms with Gasteiger partial charge in [-0.3, -0.25) is 4.79 Å². The van der Waals surface area contributed by atoms with Crippen LogP contribution < -0.4 is 14.8 Å². The van der Waals surface area contributed by atoms with Crippen LogP contribution in [-0.2, 0) is 4.79 Å². The van der Waals surface area contributed by atoms with E-state index < -0.39 is 0 Å². The molecule has 1 N–H and O–H groups in total. The Balaban J connectivity index is 1.67. The number of nitrogens with one attached hydrogen (secondary N) is 1. The highest BCUT2D eigenvalue weighted by Gasteiger charge is 2.22. The fourth-order valence-corrected chi connectivity index (χ4v) is 4.02. The third kappa shape index (κ3) is 6.15. The molecule has 1 amide bonds. The molecule has 0 aliphatic heterocycles. The van der Waals surface area contributed by atoms with Crippen molar-refractivity contribution >= 4 is 35.0 Å². The monoisotopic (exact) mass is 460 g/mol. The van der Waals surface area contributed by atoms with E-state index in [2.05, 4.69) is 15.5 Å². The van der Waals surface area contributed by atoms with E-state index in [4.69, 9.17) is 21.1 Å². The molecule has 3 aromatic rings. The van der Waals surface area contributed by atoms with Crippen molar-refractivity contribution in [3.05, 3.63) is 59.4 Å². The molecule has 1 atom stereocenters. The van der Waals surface area contributed by atoms with Crippen molar-refractivity contribution in [1.29, 1.82) is 0 Å². The number of anilines is 1. The molecule has 0 spiro atoms. The molecule has 164 valence electrons. The molecule has 2 aromatic carbocycles. The lowest BCUT2D eigenvalue weighted by molar-refractivity contribution is -0.113. The summed E-state index contributed by atoms with van der Waals surface area (Å²) in [6, 6.07) is 14.5. The van der Waals surface area contributed by atoms with E-state index in [1.54, 1.807) is 31.4 Å². The average Bonchev–Trinajstić information content (AvgIpc) is 3.17. The summed E-state index contributed by atoms with van der Waals surface area (Å²) in [7, 11) is 1.62. The van der Waals surface area contributed by atoms with Crippen LogP contribution in [0.2, 0.25) is 5.02 Å². The molecule has 0 bridgehead atoms. The van der Waals surface area contributed by atoms with Gasteiger partial charge in [-0.15, -0.1) is 10.2 Å². The molecule has 1 heterocycles. The molecule has 1 unspecified atom stereocenters. The number of benzene rings is 2. The Kier molecular flexibility index (Phi) is 7.81. The van der Waals surface area contributed by atoms with Crippen LogP contribution in [0, 0.1) is 0 Å². The maximum absolute atomic E-state index is 12.3. The zero-order valence-electron chi connectivity index (χ0n) is 17.8. The summed E-state index contributed by atoms with van der Waals surface area (Å²) in [5.41, 5.74) is 0.658. The zero-order chi connectivity index (χ0) is 22.4. The molecule has 0 radical (unpaired) electrons. The topological polar surface area (TPSA) is 78.3 Å². The molecule has 0 fully saturated rings. The third-order valence-electron chi connectivity index (χ3n) is 4.38. The van der Waals surface area contributed by atoms with Crippen LogP contribution in [0.25, 0.3) is 0 Å². The first kappa shape index (κ1) is 23.0. The summed E-state index contributed by atoms with van der Waals surface area (Å²) in [5.74, 6) is 2.23. The number of ether oxygens (including phenoxy) is 2. The predicted octanol–water partition coefficient (Wildman–Crippen LogP) is 5.39. The number of amides is 1. The second-order valence-corrected chi connectivity index (χ2v) is 8.47. The van der Waals surface area contributed by atoms with E-state index >= 15 is 0 Å². The summed E-state index contributed by atoms with van der Waals surface area (Å²) in [4.78, 5) is 12.3. The van der Waals surface area contributed by atoms with E-state index in [-0.39, 0.29) is 23.8 Å². The molecular formula is C22H25ClN4O3S. The van der Waals surface area contributed by atoms with E-state index in [9.17, 15) is 4.79 Å². The molecule has 3 rings (SSSR count). The number of nitrogens with zero attached hydrogens (tertiary/aromatic N) is 3. The lowest BCUT2D eigenvalue weighted by atomic mass is 10.3. The van der Waals surface area contributed by atoms with Gasteiger partial charge in [0.25, 0.3) is 0 Å². The van der Waals surface area contributed by atoms with Gasteiger partial charge in [0, 0.05) is 16.8 Å². The first-order valence-corrected chi connectivity index (χ1v) is 11.2. The largest absolute Gasteiger partial charge is 0.497 e. The zero-order valence-corrected chi connectivity index (χ0v) is 19.4. The standard InChI is InChI=1S/C22H25ClN4O3S/c1-14(2)27-21(15(3)30-19-10-8-18(29-4)9-11-19)25-26-22(27)31-13-20(28)24-17-7-5-6-16(23)12-17/h5-12,14-15H,13H2,1-4H3,(H,24,28). The van der Waals surface area contributed by atoms with Gasteiger partial charge in [0.2, 0.25) is 5.91 Å². The van der Waals surface area contributed by atoms with Crippen LogP contribution in [0.3, 0.4) is 0 Å². The molecular weight excluding hydrogens is 436 g/mol. The van der Waals surface area contributed by atoms with Gasteiger partial charge in [-0.2, -0.15) is 0 Å². The molecule has 1 aromatic heterocycles. The van der Waals surface area contributed by atoms with Crippen LogP contribution in [0.1, 0.15) is 38.7 Å². The normalized spacial score (nSPS) is 11.9. The van der Waals surface area contributed by atoms with Crippen molar-refractivity contribution in [1.82, 2.24) is 14.8 Å². The number of thioether (sulfide) groups is 1. The second-order valence-electron chi connectivity index (χ2n) is 7.09. The summed E-state index contributed by atoms with van der Waals surface area (Å²) in [6.07, 6.45) is -0.321. The van der Waals surface area contributed by atoms with Crippen molar-refractivity contribution in [2.75, 3.05) is 18.2 Å². The molecule has 0 saturated heterocycles. The number of carbonyl (C=O) groups excluding carboxylic acids is 1.